The first-order valence-corrected chi connectivity index (χ1v) is 7.59. The molecule has 4 rings (SSSR count). The number of nitrogens with two attached hydrogens (primary N) is 1. The van der Waals surface area contributed by atoms with Crippen molar-refractivity contribution in [2.75, 3.05) is 13.2 Å². The minimum absolute atomic E-state index is 0.114. The summed E-state index contributed by atoms with van der Waals surface area (Å²) in [5, 5.41) is 19.7. The number of nitrogens with zero attached hydrogens (tertiary/aromatic N) is 3. The molecule has 0 aromatic heterocycles. The third kappa shape index (κ3) is 1.21. The van der Waals surface area contributed by atoms with Crippen molar-refractivity contribution < 1.29 is 9.47 Å². The molecule has 2 aliphatic heterocycles. The van der Waals surface area contributed by atoms with Crippen LogP contribution in [0.3, 0.4) is 0 Å². The molecule has 1 saturated carbocycles. The van der Waals surface area contributed by atoms with Gasteiger partial charge in [-0.25, -0.2) is 4.99 Å². The SMILES string of the molecule is N#C[C@@]12[C@H](c3cccc(Br)c3)[C@@]1(C#N)C(N)=NC21OCCO1. The number of aliphatic imine (C=N–C) groups is 1. The van der Waals surface area contributed by atoms with Crippen molar-refractivity contribution in [1.29, 1.82) is 10.5 Å². The summed E-state index contributed by atoms with van der Waals surface area (Å²) in [6, 6.07) is 12.0. The second-order valence-electron chi connectivity index (χ2n) is 5.60. The number of nitriles is 2. The van der Waals surface area contributed by atoms with E-state index in [9.17, 15) is 10.5 Å². The van der Waals surface area contributed by atoms with E-state index in [4.69, 9.17) is 15.2 Å². The van der Waals surface area contributed by atoms with Crippen molar-refractivity contribution in [1.82, 2.24) is 0 Å². The summed E-state index contributed by atoms with van der Waals surface area (Å²) in [6.45, 7) is 0.653. The molecule has 0 bridgehead atoms. The standard InChI is InChI=1S/C15H11BrN4O2/c16-10-3-1-2-9(6-10)11-13(7-17)12(19)20-15(14(11,13)8-18)21-4-5-22-15/h1-3,6,11H,4-5H2,(H2,19,20)/t11-,13+,14-/m1/s1. The largest absolute Gasteiger partial charge is 0.386 e. The quantitative estimate of drug-likeness (QED) is 0.821. The molecule has 3 atom stereocenters. The van der Waals surface area contributed by atoms with Gasteiger partial charge in [-0.2, -0.15) is 10.5 Å². The second kappa shape index (κ2) is 4.08. The Labute approximate surface area is 135 Å². The van der Waals surface area contributed by atoms with Crippen molar-refractivity contribution >= 4 is 21.8 Å². The lowest BCUT2D eigenvalue weighted by Gasteiger charge is -2.25. The zero-order valence-electron chi connectivity index (χ0n) is 11.4. The van der Waals surface area contributed by atoms with Gasteiger partial charge in [0.05, 0.1) is 25.4 Å². The fourth-order valence-electron chi connectivity index (χ4n) is 3.90. The third-order valence-corrected chi connectivity index (χ3v) is 5.28. The minimum Gasteiger partial charge on any atom is -0.386 e. The first-order chi connectivity index (χ1) is 10.6. The number of rotatable bonds is 1. The lowest BCUT2D eigenvalue weighted by Crippen LogP contribution is -2.38. The van der Waals surface area contributed by atoms with Crippen molar-refractivity contribution in [2.24, 2.45) is 21.6 Å². The summed E-state index contributed by atoms with van der Waals surface area (Å²) in [4.78, 5) is 4.23. The molecule has 3 aliphatic rings. The van der Waals surface area contributed by atoms with Gasteiger partial charge in [-0.1, -0.05) is 28.1 Å². The van der Waals surface area contributed by atoms with Crippen LogP contribution in [0.15, 0.2) is 33.7 Å². The third-order valence-electron chi connectivity index (χ3n) is 4.79. The highest BCUT2D eigenvalue weighted by Crippen LogP contribution is 2.82. The molecule has 1 aromatic rings. The van der Waals surface area contributed by atoms with Crippen LogP contribution in [0.5, 0.6) is 0 Å². The van der Waals surface area contributed by atoms with E-state index < -0.39 is 22.7 Å². The van der Waals surface area contributed by atoms with Crippen LogP contribution < -0.4 is 5.73 Å². The van der Waals surface area contributed by atoms with Gasteiger partial charge in [0, 0.05) is 10.4 Å². The molecule has 110 valence electrons. The number of hydrogen-bond acceptors (Lipinski definition) is 6. The summed E-state index contributed by atoms with van der Waals surface area (Å²) in [7, 11) is 0. The molecule has 2 heterocycles. The molecule has 22 heavy (non-hydrogen) atoms. The Morgan fingerprint density at radius 3 is 2.59 bits per heavy atom. The Morgan fingerprint density at radius 2 is 2.00 bits per heavy atom. The van der Waals surface area contributed by atoms with Crippen LogP contribution in [0.25, 0.3) is 0 Å². The number of amidine groups is 1. The molecule has 7 heteroatoms. The molecule has 6 nitrogen and oxygen atoms in total. The molecular weight excluding hydrogens is 348 g/mol. The monoisotopic (exact) mass is 358 g/mol. The average Bonchev–Trinajstić information content (AvgIpc) is 2.77. The fraction of sp³-hybridized carbons (Fsp3) is 0.400. The molecule has 0 amide bonds. The zero-order valence-corrected chi connectivity index (χ0v) is 13.0. The molecule has 2 N–H and O–H groups in total. The topological polar surface area (TPSA) is 104 Å². The van der Waals surface area contributed by atoms with Crippen LogP contribution in [0.1, 0.15) is 11.5 Å². The van der Waals surface area contributed by atoms with Gasteiger partial charge in [-0.3, -0.25) is 0 Å². The highest BCUT2D eigenvalue weighted by atomic mass is 79.9. The van der Waals surface area contributed by atoms with E-state index in [0.29, 0.717) is 13.2 Å². The van der Waals surface area contributed by atoms with Gasteiger partial charge < -0.3 is 15.2 Å². The molecular formula is C15H11BrN4O2. The maximum absolute atomic E-state index is 9.91. The van der Waals surface area contributed by atoms with Gasteiger partial charge in [0.25, 0.3) is 5.91 Å². The maximum Gasteiger partial charge on any atom is 0.293 e. The van der Waals surface area contributed by atoms with Crippen molar-refractivity contribution in [3.8, 4) is 12.1 Å². The van der Waals surface area contributed by atoms with Gasteiger partial charge >= 0.3 is 0 Å². The summed E-state index contributed by atoms with van der Waals surface area (Å²) >= 11 is 3.42. The van der Waals surface area contributed by atoms with E-state index in [2.05, 4.69) is 33.1 Å². The van der Waals surface area contributed by atoms with Crippen LogP contribution in [-0.2, 0) is 9.47 Å². The lowest BCUT2D eigenvalue weighted by atomic mass is 9.94. The van der Waals surface area contributed by atoms with Crippen molar-refractivity contribution in [2.45, 2.75) is 11.8 Å². The van der Waals surface area contributed by atoms with Crippen LogP contribution in [0, 0.1) is 33.5 Å². The summed E-state index contributed by atoms with van der Waals surface area (Å²) in [5.41, 5.74) is 4.45. The summed E-state index contributed by atoms with van der Waals surface area (Å²) in [5.74, 6) is -1.78. The first-order valence-electron chi connectivity index (χ1n) is 6.80. The van der Waals surface area contributed by atoms with E-state index in [1.165, 1.54) is 0 Å². The minimum atomic E-state index is -1.46. The Morgan fingerprint density at radius 1 is 1.27 bits per heavy atom. The highest BCUT2D eigenvalue weighted by molar-refractivity contribution is 9.10. The molecule has 1 aromatic carbocycles. The smallest absolute Gasteiger partial charge is 0.293 e. The Balaban J connectivity index is 1.94. The predicted octanol–water partition coefficient (Wildman–Crippen LogP) is 1.64. The van der Waals surface area contributed by atoms with Crippen LogP contribution >= 0.6 is 15.9 Å². The van der Waals surface area contributed by atoms with E-state index in [-0.39, 0.29) is 5.84 Å². The lowest BCUT2D eigenvalue weighted by molar-refractivity contribution is -0.184. The van der Waals surface area contributed by atoms with Crippen LogP contribution in [0.4, 0.5) is 0 Å². The Bertz CT molecular complexity index is 789. The van der Waals surface area contributed by atoms with E-state index in [1.807, 2.05) is 24.3 Å². The summed E-state index contributed by atoms with van der Waals surface area (Å²) < 4.78 is 12.2. The maximum atomic E-state index is 9.91. The number of ether oxygens (including phenoxy) is 2. The second-order valence-corrected chi connectivity index (χ2v) is 6.52. The van der Waals surface area contributed by atoms with Gasteiger partial charge in [0.2, 0.25) is 0 Å². The molecule has 2 fully saturated rings. The van der Waals surface area contributed by atoms with Gasteiger partial charge in [0.15, 0.2) is 5.41 Å². The van der Waals surface area contributed by atoms with E-state index >= 15 is 0 Å². The van der Waals surface area contributed by atoms with Crippen LogP contribution in [-0.4, -0.2) is 25.0 Å². The molecule has 0 radical (unpaired) electrons. The number of fused-ring (bicyclic) bond motifs is 2. The Kier molecular flexibility index (Phi) is 2.54. The average molecular weight is 359 g/mol. The predicted molar refractivity (Wildman–Crippen MR) is 79.2 cm³/mol. The molecule has 1 aliphatic carbocycles. The van der Waals surface area contributed by atoms with Gasteiger partial charge in [0.1, 0.15) is 11.3 Å². The van der Waals surface area contributed by atoms with Gasteiger partial charge in [-0.15, -0.1) is 0 Å². The number of hydrogen-bond donors (Lipinski definition) is 1. The van der Waals surface area contributed by atoms with E-state index in [0.717, 1.165) is 10.0 Å². The molecule has 0 unspecified atom stereocenters. The molecule has 1 spiro atoms. The zero-order chi connectivity index (χ0) is 15.6. The number of halogens is 1. The molecule has 1 saturated heterocycles. The Hall–Kier alpha value is -1.93. The normalized spacial score (nSPS) is 37.2. The first kappa shape index (κ1) is 13.7. The van der Waals surface area contributed by atoms with Gasteiger partial charge in [-0.05, 0) is 17.7 Å². The number of benzene rings is 1. The fourth-order valence-corrected chi connectivity index (χ4v) is 4.32. The highest BCUT2D eigenvalue weighted by Gasteiger charge is 2.94. The summed E-state index contributed by atoms with van der Waals surface area (Å²) in [6.07, 6.45) is 0. The van der Waals surface area contributed by atoms with Crippen LogP contribution in [0.2, 0.25) is 0 Å². The van der Waals surface area contributed by atoms with E-state index in [1.54, 1.807) is 0 Å². The van der Waals surface area contributed by atoms with Crippen molar-refractivity contribution in [3.63, 3.8) is 0 Å². The van der Waals surface area contributed by atoms with Crippen molar-refractivity contribution in [3.05, 3.63) is 34.3 Å².